The van der Waals surface area contributed by atoms with Gasteiger partial charge in [0, 0.05) is 17.9 Å². The minimum atomic E-state index is -1.69. The molecule has 0 aromatic heterocycles. The van der Waals surface area contributed by atoms with E-state index in [4.69, 9.17) is 9.47 Å². The number of fused-ring (bicyclic) bond motifs is 7. The Bertz CT molecular complexity index is 1280. The Kier molecular flexibility index (Phi) is 8.28. The minimum absolute atomic E-state index is 0.0525. The first kappa shape index (κ1) is 34.5. The highest BCUT2D eigenvalue weighted by atomic mass is 16.7. The molecule has 6 N–H and O–H groups in total. The van der Waals surface area contributed by atoms with Gasteiger partial charge in [-0.25, -0.2) is 0 Å². The van der Waals surface area contributed by atoms with Crippen LogP contribution < -0.4 is 0 Å². The zero-order valence-electron chi connectivity index (χ0n) is 28.4. The maximum Gasteiger partial charge on any atom is 0.314 e. The molecule has 6 aliphatic rings. The van der Waals surface area contributed by atoms with Crippen LogP contribution in [0.1, 0.15) is 99.3 Å². The van der Waals surface area contributed by atoms with E-state index in [1.165, 1.54) is 0 Å². The molecule has 0 spiro atoms. The second-order valence-electron chi connectivity index (χ2n) is 17.6. The summed E-state index contributed by atoms with van der Waals surface area (Å²) in [6, 6.07) is 0. The quantitative estimate of drug-likeness (QED) is 0.249. The number of esters is 1. The van der Waals surface area contributed by atoms with Crippen molar-refractivity contribution < 1.29 is 49.7 Å². The minimum Gasteiger partial charge on any atom is -0.432 e. The van der Waals surface area contributed by atoms with Gasteiger partial charge >= 0.3 is 5.97 Å². The van der Waals surface area contributed by atoms with Crippen LogP contribution in [0.25, 0.3) is 0 Å². The topological polar surface area (TPSA) is 174 Å². The third kappa shape index (κ3) is 4.53. The van der Waals surface area contributed by atoms with Crippen molar-refractivity contribution in [2.45, 2.75) is 136 Å². The SMILES string of the molecule is CC1(C)[C@@H](O)CC[C@]2(C)[C@H]3C(=O)C=C4[C@@H]5C[C@@](C)(C(=O)O[C@@H]6O[C@H](CO)[C@@H](O)[C@H](O)[C@H]6O)CC[C@]5(CO)CC[C@@]4(C)[C@]3(C)CC[C@@H]12. The molecule has 1 saturated heterocycles. The number of allylic oxidation sites excluding steroid dienone is 2. The van der Waals surface area contributed by atoms with Gasteiger partial charge in [0.25, 0.3) is 0 Å². The highest BCUT2D eigenvalue weighted by Crippen LogP contribution is 2.75. The predicted octanol–water partition coefficient (Wildman–Crippen LogP) is 2.64. The summed E-state index contributed by atoms with van der Waals surface area (Å²) in [4.78, 5) is 28.4. The third-order valence-corrected chi connectivity index (χ3v) is 15.2. The average Bonchev–Trinajstić information content (AvgIpc) is 3.00. The molecule has 0 aromatic rings. The summed E-state index contributed by atoms with van der Waals surface area (Å²) in [7, 11) is 0. The van der Waals surface area contributed by atoms with Crippen LogP contribution in [0.15, 0.2) is 11.6 Å². The number of ketones is 1. The molecule has 5 fully saturated rings. The summed E-state index contributed by atoms with van der Waals surface area (Å²) < 4.78 is 11.2. The number of aliphatic hydroxyl groups is 6. The van der Waals surface area contributed by atoms with E-state index in [1.807, 2.05) is 13.0 Å². The van der Waals surface area contributed by atoms with Gasteiger partial charge in [-0.15, -0.1) is 0 Å². The predicted molar refractivity (Wildman–Crippen MR) is 167 cm³/mol. The molecule has 0 bridgehead atoms. The molecule has 6 rings (SSSR count). The fourth-order valence-corrected chi connectivity index (χ4v) is 11.9. The summed E-state index contributed by atoms with van der Waals surface area (Å²) in [5.74, 6) is -0.710. The van der Waals surface area contributed by atoms with Crippen molar-refractivity contribution in [3.63, 3.8) is 0 Å². The fraction of sp³-hybridized carbons (Fsp3) is 0.889. The van der Waals surface area contributed by atoms with Gasteiger partial charge < -0.3 is 40.1 Å². The third-order valence-electron chi connectivity index (χ3n) is 15.2. The Morgan fingerprint density at radius 1 is 0.891 bits per heavy atom. The lowest BCUT2D eigenvalue weighted by Gasteiger charge is -2.70. The van der Waals surface area contributed by atoms with Crippen LogP contribution in [-0.2, 0) is 19.1 Å². The first-order valence-corrected chi connectivity index (χ1v) is 17.4. The molecule has 10 nitrogen and oxygen atoms in total. The fourth-order valence-electron chi connectivity index (χ4n) is 11.9. The molecule has 1 heterocycles. The number of hydrogen-bond acceptors (Lipinski definition) is 10. The maximum atomic E-state index is 14.6. The summed E-state index contributed by atoms with van der Waals surface area (Å²) in [5.41, 5.74) is -1.68. The van der Waals surface area contributed by atoms with E-state index < -0.39 is 60.2 Å². The first-order chi connectivity index (χ1) is 21.3. The summed E-state index contributed by atoms with van der Waals surface area (Å²) >= 11 is 0. The smallest absolute Gasteiger partial charge is 0.314 e. The zero-order valence-corrected chi connectivity index (χ0v) is 28.4. The van der Waals surface area contributed by atoms with Crippen LogP contribution in [0, 0.1) is 50.2 Å². The van der Waals surface area contributed by atoms with Gasteiger partial charge in [0.15, 0.2) is 5.78 Å². The van der Waals surface area contributed by atoms with Crippen molar-refractivity contribution in [3.8, 4) is 0 Å². The van der Waals surface area contributed by atoms with Crippen molar-refractivity contribution >= 4 is 11.8 Å². The molecule has 0 radical (unpaired) electrons. The molecule has 0 aromatic carbocycles. The van der Waals surface area contributed by atoms with Crippen molar-refractivity contribution in [2.75, 3.05) is 13.2 Å². The number of rotatable bonds is 4. The van der Waals surface area contributed by atoms with Crippen LogP contribution in [0.3, 0.4) is 0 Å². The summed E-state index contributed by atoms with van der Waals surface area (Å²) in [5, 5.41) is 62.5. The van der Waals surface area contributed by atoms with Gasteiger partial charge in [-0.05, 0) is 104 Å². The number of carbonyl (C=O) groups is 2. The maximum absolute atomic E-state index is 14.6. The van der Waals surface area contributed by atoms with E-state index >= 15 is 0 Å². The standard InChI is InChI=1S/C36H56O10/c1-31(2)23-7-10-35(6)28(33(23,4)9-8-24(31)40)21(39)15-19-20-16-32(3,11-13-36(20,18-38)14-12-34(19,35)5)30(44)46-29-27(43)26(42)25(41)22(17-37)45-29/h15,20,22-29,37-38,40-43H,7-14,16-18H2,1-6H3/t20-,22+,23-,24-,25+,26-,27+,28+,29-,32-,33-,34+,35+,36+/m0/s1. The second-order valence-corrected chi connectivity index (χ2v) is 17.6. The second kappa shape index (κ2) is 11.1. The molecular formula is C36H56O10. The normalized spacial score (nSPS) is 53.2. The van der Waals surface area contributed by atoms with Gasteiger partial charge in [0.05, 0.1) is 18.1 Å². The monoisotopic (exact) mass is 648 g/mol. The number of carbonyl (C=O) groups excluding carboxylic acids is 2. The number of hydrogen-bond donors (Lipinski definition) is 6. The molecular weight excluding hydrogens is 592 g/mol. The van der Waals surface area contributed by atoms with Crippen LogP contribution in [0.2, 0.25) is 0 Å². The van der Waals surface area contributed by atoms with Gasteiger partial charge in [-0.2, -0.15) is 0 Å². The van der Waals surface area contributed by atoms with Gasteiger partial charge in [-0.1, -0.05) is 40.2 Å². The Morgan fingerprint density at radius 3 is 2.22 bits per heavy atom. The molecule has 0 amide bonds. The van der Waals surface area contributed by atoms with Crippen molar-refractivity contribution in [1.29, 1.82) is 0 Å². The molecule has 10 heteroatoms. The summed E-state index contributed by atoms with van der Waals surface area (Å²) in [6.07, 6.45) is 0.0396. The number of aliphatic hydroxyl groups excluding tert-OH is 6. The van der Waals surface area contributed by atoms with Crippen molar-refractivity contribution in [2.24, 2.45) is 50.2 Å². The highest BCUT2D eigenvalue weighted by Gasteiger charge is 2.70. The van der Waals surface area contributed by atoms with E-state index in [0.29, 0.717) is 25.7 Å². The van der Waals surface area contributed by atoms with Crippen LogP contribution >= 0.6 is 0 Å². The van der Waals surface area contributed by atoms with Gasteiger partial charge in [0.2, 0.25) is 6.29 Å². The molecule has 46 heavy (non-hydrogen) atoms. The van der Waals surface area contributed by atoms with E-state index in [0.717, 1.165) is 37.7 Å². The van der Waals surface area contributed by atoms with Crippen LogP contribution in [-0.4, -0.2) is 92.4 Å². The van der Waals surface area contributed by atoms with E-state index in [2.05, 4.69) is 34.6 Å². The lowest BCUT2D eigenvalue weighted by atomic mass is 9.33. The van der Waals surface area contributed by atoms with Gasteiger partial charge in [0.1, 0.15) is 24.4 Å². The molecule has 5 aliphatic carbocycles. The zero-order chi connectivity index (χ0) is 33.8. The molecule has 0 unspecified atom stereocenters. The lowest BCUT2D eigenvalue weighted by molar-refractivity contribution is -0.296. The Morgan fingerprint density at radius 2 is 1.57 bits per heavy atom. The van der Waals surface area contributed by atoms with Crippen LogP contribution in [0.4, 0.5) is 0 Å². The largest absolute Gasteiger partial charge is 0.432 e. The Labute approximate surface area is 272 Å². The first-order valence-electron chi connectivity index (χ1n) is 17.4. The lowest BCUT2D eigenvalue weighted by Crippen LogP contribution is -2.67. The van der Waals surface area contributed by atoms with Crippen LogP contribution in [0.5, 0.6) is 0 Å². The Balaban J connectivity index is 1.33. The van der Waals surface area contributed by atoms with E-state index in [9.17, 15) is 40.2 Å². The Hall–Kier alpha value is -1.40. The molecule has 14 atom stereocenters. The van der Waals surface area contributed by atoms with E-state index in [-0.39, 0.29) is 51.8 Å². The van der Waals surface area contributed by atoms with Crippen molar-refractivity contribution in [3.05, 3.63) is 11.6 Å². The molecule has 4 saturated carbocycles. The van der Waals surface area contributed by atoms with Crippen molar-refractivity contribution in [1.82, 2.24) is 0 Å². The highest BCUT2D eigenvalue weighted by molar-refractivity contribution is 5.95. The summed E-state index contributed by atoms with van der Waals surface area (Å²) in [6.45, 7) is 12.3. The number of ether oxygens (including phenoxy) is 2. The van der Waals surface area contributed by atoms with E-state index in [1.54, 1.807) is 0 Å². The van der Waals surface area contributed by atoms with Gasteiger partial charge in [-0.3, -0.25) is 9.59 Å². The molecule has 1 aliphatic heterocycles. The molecule has 260 valence electrons. The average molecular weight is 649 g/mol.